The van der Waals surface area contributed by atoms with Gasteiger partial charge in [-0.2, -0.15) is 35.1 Å². The predicted molar refractivity (Wildman–Crippen MR) is 418 cm³/mol. The van der Waals surface area contributed by atoms with Crippen molar-refractivity contribution in [1.82, 2.24) is 0 Å². The summed E-state index contributed by atoms with van der Waals surface area (Å²) in [5.41, 5.74) is -20.6. The number of alkyl halides is 57. The Labute approximate surface area is 757 Å². The topological polar surface area (TPSA) is 9.23 Å². The lowest BCUT2D eigenvalue weighted by atomic mass is 9.78. The molecule has 0 radical (unpaired) electrons. The van der Waals surface area contributed by atoms with Crippen molar-refractivity contribution in [3.8, 4) is 0 Å². The second kappa shape index (κ2) is 103. The molecule has 0 saturated heterocycles. The first-order valence-corrected chi connectivity index (χ1v) is 35.7. The van der Waals surface area contributed by atoms with Gasteiger partial charge < -0.3 is 0 Å². The van der Waals surface area contributed by atoms with Crippen LogP contribution in [0.4, 0.5) is 255 Å². The van der Waals surface area contributed by atoms with E-state index in [9.17, 15) is 250 Å². The quantitative estimate of drug-likeness (QED) is 0.0678. The van der Waals surface area contributed by atoms with Crippen LogP contribution >= 0.6 is 0 Å². The third kappa shape index (κ3) is 117. The number of hydrogen-bond acceptors (Lipinski definition) is 1. The molecule has 1 nitrogen and oxygen atoms in total. The molecule has 0 heterocycles. The largest absolute Gasteiger partial charge is 0.396 e. The Kier molecular flexibility index (Phi) is 150. The summed E-state index contributed by atoms with van der Waals surface area (Å²) >= 11 is 0. The van der Waals surface area contributed by atoms with Gasteiger partial charge in [0, 0.05) is 26.7 Å². The minimum Gasteiger partial charge on any atom is -0.269 e. The van der Waals surface area contributed by atoms with Crippen molar-refractivity contribution >= 4 is 0 Å². The van der Waals surface area contributed by atoms with Gasteiger partial charge in [-0.25, -0.2) is 114 Å². The van der Waals surface area contributed by atoms with Crippen LogP contribution in [0.25, 0.3) is 0 Å². The number of halogens is 58. The fourth-order valence-electron chi connectivity index (χ4n) is 6.46. The maximum absolute atomic E-state index is 12.8. The smallest absolute Gasteiger partial charge is 0.269 e. The van der Waals surface area contributed by atoms with Crippen LogP contribution in [0.3, 0.4) is 0 Å². The molecule has 0 amide bonds. The Morgan fingerprint density at radius 2 is 0.452 bits per heavy atom. The summed E-state index contributed by atoms with van der Waals surface area (Å²) < 4.78 is 655. The monoisotopic (exact) mass is 2180 g/mol. The van der Waals surface area contributed by atoms with Gasteiger partial charge in [-0.05, 0) is 113 Å². The van der Waals surface area contributed by atoms with Gasteiger partial charge in [0.15, 0.2) is 5.67 Å². The van der Waals surface area contributed by atoms with E-state index in [1.807, 2.05) is 0 Å². The van der Waals surface area contributed by atoms with E-state index in [0.29, 0.717) is 143 Å². The Morgan fingerprint density at radius 3 is 0.563 bits per heavy atom. The Morgan fingerprint density at radius 1 is 0.230 bits per heavy atom. The van der Waals surface area contributed by atoms with E-state index in [0.717, 1.165) is 38.5 Å². The van der Waals surface area contributed by atoms with Gasteiger partial charge in [-0.3, -0.25) is 110 Å². The summed E-state index contributed by atoms with van der Waals surface area (Å²) in [6.07, 6.45) is -14.4. The lowest BCUT2D eigenvalue weighted by Gasteiger charge is -2.35. The molecule has 0 aliphatic heterocycles. The molecule has 135 heavy (non-hydrogen) atoms. The van der Waals surface area contributed by atoms with Crippen molar-refractivity contribution in [3.05, 3.63) is 0 Å². The molecule has 1 aliphatic carbocycles. The van der Waals surface area contributed by atoms with Crippen molar-refractivity contribution in [1.29, 1.82) is 0 Å². The normalized spacial score (nSPS) is 15.0. The van der Waals surface area contributed by atoms with Crippen molar-refractivity contribution in [2.24, 2.45) is 34.0 Å². The zero-order chi connectivity index (χ0) is 117. The van der Waals surface area contributed by atoms with Crippen LogP contribution in [0.1, 0.15) is 176 Å². The molecule has 1 fully saturated rings. The van der Waals surface area contributed by atoms with Gasteiger partial charge in [0.2, 0.25) is 23.2 Å². The summed E-state index contributed by atoms with van der Waals surface area (Å²) in [4.78, 5) is 0. The SMILES string of the molecule is CC(F)(F)C(C)(C)CF.CC(F)(F)C(C)(CF)CF.CC(F)(F)C(CF)(CF)CF.CC(F)(F)CC(C)(F)CF.CC(F)(F)CC(F)(F)C(C)(F)CF.CC(F)(F)CC(F)(F)C(F)(F)C(C)(F)CF.CC(F)(F)CC(F)(F)OC(F)(F)C(C)(F)CF.CC(F)(F)CCF.CC1CC(C)CC(C)C1.CF.CF.CF.CF.CF.CF.CF.CF.CF.CF.CF.CF.CF.CF.CF.CF.F. The molecule has 0 spiro atoms. The summed E-state index contributed by atoms with van der Waals surface area (Å²) in [6, 6.07) is 0. The maximum Gasteiger partial charge on any atom is 0.396 e. The zero-order valence-corrected chi connectivity index (χ0v) is 81.5. The lowest BCUT2D eigenvalue weighted by molar-refractivity contribution is -0.417. The van der Waals surface area contributed by atoms with E-state index in [1.165, 1.54) is 33.1 Å². The van der Waals surface area contributed by atoms with Gasteiger partial charge in [0.25, 0.3) is 41.5 Å². The second-order valence-electron chi connectivity index (χ2n) is 27.5. The van der Waals surface area contributed by atoms with Crippen LogP contribution in [0.15, 0.2) is 0 Å². The van der Waals surface area contributed by atoms with Crippen LogP contribution in [-0.2, 0) is 4.74 Å². The Balaban J connectivity index is -0.0000000424. The van der Waals surface area contributed by atoms with Crippen LogP contribution < -0.4 is 0 Å². The number of rotatable bonds is 29. The van der Waals surface area contributed by atoms with Gasteiger partial charge in [0.1, 0.15) is 84.3 Å². The summed E-state index contributed by atoms with van der Waals surface area (Å²) in [7, 11) is 8.00. The highest BCUT2D eigenvalue weighted by atomic mass is 19.4. The van der Waals surface area contributed by atoms with E-state index in [4.69, 9.17) is 0 Å². The molecule has 1 aliphatic rings. The fraction of sp³-hybridized carbons (Fsp3) is 1.00. The first-order chi connectivity index (χ1) is 60.1. The number of hydrogen-bond donors (Lipinski definition) is 0. The zero-order valence-electron chi connectivity index (χ0n) is 81.5. The van der Waals surface area contributed by atoms with Gasteiger partial charge in [0.05, 0.1) is 145 Å². The van der Waals surface area contributed by atoms with Crippen LogP contribution in [0.2, 0.25) is 0 Å². The van der Waals surface area contributed by atoms with Crippen molar-refractivity contribution in [3.63, 3.8) is 0 Å². The Bertz CT molecular complexity index is 2130. The molecule has 4 unspecified atom stereocenters. The average Bonchev–Trinajstić information content (AvgIpc) is 0.763. The van der Waals surface area contributed by atoms with Crippen LogP contribution in [0.5, 0.6) is 0 Å². The molecule has 4 atom stereocenters. The molecule has 0 N–H and O–H groups in total. The van der Waals surface area contributed by atoms with Crippen LogP contribution in [0, 0.1) is 34.0 Å². The summed E-state index contributed by atoms with van der Waals surface area (Å²) in [6.45, 7) is -3.25. The third-order valence-corrected chi connectivity index (χ3v) is 13.9. The molecule has 59 heteroatoms. The molecular formula is C76H144F58O. The standard InChI is InChI=1S/C9H18.C8H10F8O.C8H10F8.C7H10F6.C6H9F5.2C6H10F4.C6H11F3.C4H7F3.16CH3F.FH/c1-7-4-8(2)6-9(3)5-7;1-5(10,4-9)8(15,16)17-7(13,14)3-6(2,11)12;1-5(10,4-9)8(15,16)7(13,14)3-6(2,11)12;1-5(9,4-8)7(12,13)3-6(2,10)11;1-5(10,11)6(2-7,3-8)4-9;1-5(3-7,4-8)6(2,9)10;1-5(8,4-7)3-6(2,9)10;1-5(2,4-7)6(3,8)9;1-4(6,7)2-3-5;16*1-2;/h7-9H,4-6H2,1-3H3;3-4H2,1-2H3;3-4H2,1-2H3;3-4H2,1-2H3;2-4H2,1H3;2*3-4H2,1-2H3;4H2,1-3H3;2-3H2,1H3;16*1H3;1H. The molecule has 1 saturated carbocycles. The highest BCUT2D eigenvalue weighted by molar-refractivity contribution is 5.01. The van der Waals surface area contributed by atoms with Crippen molar-refractivity contribution < 1.29 is 260 Å². The van der Waals surface area contributed by atoms with Crippen LogP contribution in [-0.4, -0.2) is 288 Å². The Hall–Kier alpha value is -4.10. The summed E-state index contributed by atoms with van der Waals surface area (Å²) in [5.74, 6) is -39.9. The third-order valence-electron chi connectivity index (χ3n) is 13.9. The van der Waals surface area contributed by atoms with E-state index in [-0.39, 0.29) is 46.2 Å². The molecule has 0 bridgehead atoms. The lowest BCUT2D eigenvalue weighted by Crippen LogP contribution is -2.57. The maximum atomic E-state index is 12.8. The summed E-state index contributed by atoms with van der Waals surface area (Å²) in [5, 5.41) is 0. The molecular weight excluding hydrogens is 2030 g/mol. The number of ether oxygens (including phenoxy) is 1. The van der Waals surface area contributed by atoms with Gasteiger partial charge >= 0.3 is 24.1 Å². The van der Waals surface area contributed by atoms with Gasteiger partial charge in [-0.15, -0.1) is 0 Å². The minimum absolute atomic E-state index is 0. The predicted octanol–water partition coefficient (Wildman–Crippen LogP) is 36.4. The van der Waals surface area contributed by atoms with E-state index < -0.39 is 222 Å². The van der Waals surface area contributed by atoms with Gasteiger partial charge in [-0.1, -0.05) is 34.6 Å². The molecule has 1 rings (SSSR count). The van der Waals surface area contributed by atoms with E-state index >= 15 is 0 Å². The minimum atomic E-state index is -5.51. The molecule has 860 valence electrons. The molecule has 0 aromatic rings. The van der Waals surface area contributed by atoms with E-state index in [1.54, 1.807) is 0 Å². The average molecular weight is 2180 g/mol. The second-order valence-corrected chi connectivity index (χ2v) is 27.5. The fourth-order valence-corrected chi connectivity index (χ4v) is 6.46. The molecule has 0 aromatic carbocycles. The van der Waals surface area contributed by atoms with E-state index in [2.05, 4.69) is 25.5 Å². The highest BCUT2D eigenvalue weighted by Gasteiger charge is 2.70. The van der Waals surface area contributed by atoms with Crippen molar-refractivity contribution in [2.45, 2.75) is 276 Å². The van der Waals surface area contributed by atoms with Crippen molar-refractivity contribution in [2.75, 3.05) is 188 Å². The first kappa shape index (κ1) is 197. The molecule has 0 aromatic heterocycles. The first-order valence-electron chi connectivity index (χ1n) is 35.7. The highest BCUT2D eigenvalue weighted by Crippen LogP contribution is 2.50.